The molecule has 3 rings (SSSR count). The highest BCUT2D eigenvalue weighted by molar-refractivity contribution is 7.13. The van der Waals surface area contributed by atoms with Gasteiger partial charge in [0.25, 0.3) is 5.91 Å². The molecule has 0 spiro atoms. The molecule has 0 aliphatic rings. The number of carbonyl (C=O) groups is 1. The molecule has 0 bridgehead atoms. The van der Waals surface area contributed by atoms with Crippen molar-refractivity contribution in [3.63, 3.8) is 0 Å². The third-order valence-corrected chi connectivity index (χ3v) is 3.98. The highest BCUT2D eigenvalue weighted by Gasteiger charge is 2.14. The first-order chi connectivity index (χ1) is 10.3. The molecule has 0 unspecified atom stereocenters. The SMILES string of the molecule is NNC(=O)c1ccccc1-c1nc(-c2ccccc2)cs1. The van der Waals surface area contributed by atoms with E-state index in [1.165, 1.54) is 11.3 Å². The molecule has 0 saturated carbocycles. The van der Waals surface area contributed by atoms with Gasteiger partial charge in [0.15, 0.2) is 0 Å². The fourth-order valence-corrected chi connectivity index (χ4v) is 2.95. The first kappa shape index (κ1) is 13.5. The molecule has 104 valence electrons. The number of nitrogens with one attached hydrogen (secondary N) is 1. The van der Waals surface area contributed by atoms with E-state index >= 15 is 0 Å². The van der Waals surface area contributed by atoms with Gasteiger partial charge in [-0.05, 0) is 6.07 Å². The monoisotopic (exact) mass is 295 g/mol. The van der Waals surface area contributed by atoms with Crippen LogP contribution in [0.3, 0.4) is 0 Å². The van der Waals surface area contributed by atoms with Gasteiger partial charge in [-0.2, -0.15) is 0 Å². The largest absolute Gasteiger partial charge is 0.290 e. The second-order valence-corrected chi connectivity index (χ2v) is 5.28. The Morgan fingerprint density at radius 3 is 2.52 bits per heavy atom. The summed E-state index contributed by atoms with van der Waals surface area (Å²) in [5.74, 6) is 4.91. The van der Waals surface area contributed by atoms with E-state index in [4.69, 9.17) is 5.84 Å². The van der Waals surface area contributed by atoms with Crippen molar-refractivity contribution < 1.29 is 4.79 Å². The molecule has 0 aliphatic carbocycles. The molecule has 4 nitrogen and oxygen atoms in total. The number of hydrogen-bond donors (Lipinski definition) is 2. The summed E-state index contributed by atoms with van der Waals surface area (Å²) in [6.45, 7) is 0. The molecule has 1 amide bonds. The summed E-state index contributed by atoms with van der Waals surface area (Å²) >= 11 is 1.51. The summed E-state index contributed by atoms with van der Waals surface area (Å²) in [6.07, 6.45) is 0. The van der Waals surface area contributed by atoms with Crippen LogP contribution < -0.4 is 11.3 Å². The fraction of sp³-hybridized carbons (Fsp3) is 0. The molecule has 3 N–H and O–H groups in total. The standard InChI is InChI=1S/C16H13N3OS/c17-19-15(20)12-8-4-5-9-13(12)16-18-14(10-21-16)11-6-2-1-3-7-11/h1-10H,17H2,(H,19,20). The van der Waals surface area contributed by atoms with E-state index in [1.807, 2.05) is 47.8 Å². The van der Waals surface area contributed by atoms with Gasteiger partial charge in [-0.3, -0.25) is 10.2 Å². The van der Waals surface area contributed by atoms with Crippen molar-refractivity contribution in [1.29, 1.82) is 0 Å². The Bertz CT molecular complexity index is 768. The van der Waals surface area contributed by atoms with Gasteiger partial charge in [-0.1, -0.05) is 48.5 Å². The van der Waals surface area contributed by atoms with Gasteiger partial charge in [0.1, 0.15) is 5.01 Å². The third-order valence-electron chi connectivity index (χ3n) is 3.11. The molecule has 1 heterocycles. The second-order valence-electron chi connectivity index (χ2n) is 4.42. The molecule has 3 aromatic rings. The zero-order valence-electron chi connectivity index (χ0n) is 11.1. The Kier molecular flexibility index (Phi) is 3.77. The Morgan fingerprint density at radius 1 is 1.05 bits per heavy atom. The summed E-state index contributed by atoms with van der Waals surface area (Å²) in [7, 11) is 0. The molecule has 0 aliphatic heterocycles. The van der Waals surface area contributed by atoms with Gasteiger partial charge in [0.05, 0.1) is 11.3 Å². The number of benzene rings is 2. The van der Waals surface area contributed by atoms with Crippen LogP contribution in [0.4, 0.5) is 0 Å². The maximum Gasteiger partial charge on any atom is 0.265 e. The van der Waals surface area contributed by atoms with E-state index in [2.05, 4.69) is 10.4 Å². The predicted molar refractivity (Wildman–Crippen MR) is 84.6 cm³/mol. The van der Waals surface area contributed by atoms with Crippen molar-refractivity contribution in [3.8, 4) is 21.8 Å². The topological polar surface area (TPSA) is 68.0 Å². The minimum Gasteiger partial charge on any atom is -0.290 e. The number of nitrogens with two attached hydrogens (primary N) is 1. The Balaban J connectivity index is 2.03. The van der Waals surface area contributed by atoms with Crippen LogP contribution in [0.1, 0.15) is 10.4 Å². The summed E-state index contributed by atoms with van der Waals surface area (Å²) < 4.78 is 0. The Hall–Kier alpha value is -2.50. The first-order valence-corrected chi connectivity index (χ1v) is 7.29. The number of nitrogen functional groups attached to an aromatic ring is 1. The zero-order chi connectivity index (χ0) is 14.7. The van der Waals surface area contributed by atoms with Crippen molar-refractivity contribution in [2.75, 3.05) is 0 Å². The van der Waals surface area contributed by atoms with Gasteiger partial charge < -0.3 is 0 Å². The molecule has 1 aromatic heterocycles. The Labute approximate surface area is 126 Å². The quantitative estimate of drug-likeness (QED) is 0.443. The van der Waals surface area contributed by atoms with Crippen LogP contribution >= 0.6 is 11.3 Å². The van der Waals surface area contributed by atoms with E-state index in [0.29, 0.717) is 5.56 Å². The van der Waals surface area contributed by atoms with E-state index < -0.39 is 0 Å². The lowest BCUT2D eigenvalue weighted by Crippen LogP contribution is -2.30. The summed E-state index contributed by atoms with van der Waals surface area (Å²) in [5, 5.41) is 2.79. The molecule has 21 heavy (non-hydrogen) atoms. The van der Waals surface area contributed by atoms with Gasteiger partial charge in [-0.15, -0.1) is 11.3 Å². The average Bonchev–Trinajstić information content (AvgIpc) is 3.05. The number of aromatic nitrogens is 1. The highest BCUT2D eigenvalue weighted by atomic mass is 32.1. The van der Waals surface area contributed by atoms with E-state index in [0.717, 1.165) is 21.8 Å². The number of nitrogens with zero attached hydrogens (tertiary/aromatic N) is 1. The van der Waals surface area contributed by atoms with Gasteiger partial charge in [0, 0.05) is 16.5 Å². The molecule has 0 saturated heterocycles. The number of carbonyl (C=O) groups excluding carboxylic acids is 1. The number of hydrogen-bond acceptors (Lipinski definition) is 4. The van der Waals surface area contributed by atoms with E-state index in [1.54, 1.807) is 12.1 Å². The van der Waals surface area contributed by atoms with Crippen LogP contribution in [-0.2, 0) is 0 Å². The normalized spacial score (nSPS) is 10.3. The maximum atomic E-state index is 11.8. The lowest BCUT2D eigenvalue weighted by atomic mass is 10.1. The van der Waals surface area contributed by atoms with Crippen LogP contribution in [0.5, 0.6) is 0 Å². The van der Waals surface area contributed by atoms with E-state index in [9.17, 15) is 4.79 Å². The smallest absolute Gasteiger partial charge is 0.265 e. The van der Waals surface area contributed by atoms with E-state index in [-0.39, 0.29) is 5.91 Å². The summed E-state index contributed by atoms with van der Waals surface area (Å²) in [5.41, 5.74) is 5.43. The minimum atomic E-state index is -0.318. The number of hydrazine groups is 1. The van der Waals surface area contributed by atoms with Crippen LogP contribution in [-0.4, -0.2) is 10.9 Å². The van der Waals surface area contributed by atoms with Crippen molar-refractivity contribution in [2.45, 2.75) is 0 Å². The van der Waals surface area contributed by atoms with Gasteiger partial charge in [-0.25, -0.2) is 10.8 Å². The maximum absolute atomic E-state index is 11.8. The van der Waals surface area contributed by atoms with Crippen LogP contribution in [0.25, 0.3) is 21.8 Å². The van der Waals surface area contributed by atoms with Crippen molar-refractivity contribution >= 4 is 17.2 Å². The van der Waals surface area contributed by atoms with Crippen LogP contribution in [0.2, 0.25) is 0 Å². The molecule has 0 atom stereocenters. The first-order valence-electron chi connectivity index (χ1n) is 6.41. The molecule has 5 heteroatoms. The number of rotatable bonds is 3. The van der Waals surface area contributed by atoms with Gasteiger partial charge >= 0.3 is 0 Å². The van der Waals surface area contributed by atoms with Crippen LogP contribution in [0, 0.1) is 0 Å². The summed E-state index contributed by atoms with van der Waals surface area (Å²) in [6, 6.07) is 17.2. The second kappa shape index (κ2) is 5.87. The summed E-state index contributed by atoms with van der Waals surface area (Å²) in [4.78, 5) is 16.5. The molecule has 2 aromatic carbocycles. The van der Waals surface area contributed by atoms with Crippen molar-refractivity contribution in [1.82, 2.24) is 10.4 Å². The predicted octanol–water partition coefficient (Wildman–Crippen LogP) is 3.08. The number of thiazole rings is 1. The van der Waals surface area contributed by atoms with Gasteiger partial charge in [0.2, 0.25) is 0 Å². The Morgan fingerprint density at radius 2 is 1.76 bits per heavy atom. The zero-order valence-corrected chi connectivity index (χ0v) is 11.9. The molecular weight excluding hydrogens is 282 g/mol. The van der Waals surface area contributed by atoms with Crippen LogP contribution in [0.15, 0.2) is 60.0 Å². The lowest BCUT2D eigenvalue weighted by Gasteiger charge is -2.05. The fourth-order valence-electron chi connectivity index (χ4n) is 2.08. The molecule has 0 fully saturated rings. The third kappa shape index (κ3) is 2.69. The molecular formula is C16H13N3OS. The molecule has 0 radical (unpaired) electrons. The van der Waals surface area contributed by atoms with Crippen molar-refractivity contribution in [2.24, 2.45) is 5.84 Å². The minimum absolute atomic E-state index is 0.318. The van der Waals surface area contributed by atoms with Crippen molar-refractivity contribution in [3.05, 3.63) is 65.5 Å². The number of amides is 1. The lowest BCUT2D eigenvalue weighted by molar-refractivity contribution is 0.0954. The highest BCUT2D eigenvalue weighted by Crippen LogP contribution is 2.30. The average molecular weight is 295 g/mol.